The molecule has 106 valence electrons. The molecule has 0 amide bonds. The zero-order chi connectivity index (χ0) is 15.0. The van der Waals surface area contributed by atoms with Crippen LogP contribution in [-0.2, 0) is 0 Å². The molecule has 0 spiro atoms. The third-order valence-corrected chi connectivity index (χ3v) is 2.88. The van der Waals surface area contributed by atoms with Gasteiger partial charge in [0.05, 0.1) is 36.3 Å². The van der Waals surface area contributed by atoms with Gasteiger partial charge in [0, 0.05) is 6.07 Å². The predicted molar refractivity (Wildman–Crippen MR) is 76.4 cm³/mol. The maximum absolute atomic E-state index is 8.94. The molecule has 0 unspecified atom stereocenters. The highest BCUT2D eigenvalue weighted by molar-refractivity contribution is 5.46. The van der Waals surface area contributed by atoms with Gasteiger partial charge in [-0.05, 0) is 45.7 Å². The first-order chi connectivity index (χ1) is 9.52. The van der Waals surface area contributed by atoms with Crippen molar-refractivity contribution in [2.45, 2.75) is 33.6 Å². The summed E-state index contributed by atoms with van der Waals surface area (Å²) in [4.78, 5) is 0. The molecule has 4 nitrogen and oxygen atoms in total. The maximum atomic E-state index is 8.94. The van der Waals surface area contributed by atoms with Crippen LogP contribution in [0.4, 0.5) is 0 Å². The monoisotopic (exact) mass is 272 g/mol. The van der Waals surface area contributed by atoms with Crippen LogP contribution in [-0.4, -0.2) is 13.2 Å². The number of ether oxygens (including phenoxy) is 2. The Bertz CT molecular complexity index is 524. The van der Waals surface area contributed by atoms with E-state index in [-0.39, 0.29) is 5.41 Å². The van der Waals surface area contributed by atoms with Gasteiger partial charge in [0.15, 0.2) is 11.5 Å². The SMILES string of the molecule is CCOc1cc(C#N)ccc1OCCCC(C)(C)C#N. The summed E-state index contributed by atoms with van der Waals surface area (Å²) in [6, 6.07) is 9.48. The molecular formula is C16H20N2O2. The second-order valence-corrected chi connectivity index (χ2v) is 5.15. The lowest BCUT2D eigenvalue weighted by Gasteiger charge is -2.16. The molecule has 0 aliphatic carbocycles. The molecule has 1 rings (SSSR count). The van der Waals surface area contributed by atoms with E-state index >= 15 is 0 Å². The van der Waals surface area contributed by atoms with Crippen molar-refractivity contribution in [2.75, 3.05) is 13.2 Å². The fourth-order valence-electron chi connectivity index (χ4n) is 1.72. The smallest absolute Gasteiger partial charge is 0.162 e. The molecule has 0 saturated carbocycles. The number of nitrogens with zero attached hydrogens (tertiary/aromatic N) is 2. The molecule has 0 bridgehead atoms. The minimum Gasteiger partial charge on any atom is -0.490 e. The molecule has 0 saturated heterocycles. The van der Waals surface area contributed by atoms with Crippen LogP contribution in [0, 0.1) is 28.1 Å². The van der Waals surface area contributed by atoms with Gasteiger partial charge in [-0.15, -0.1) is 0 Å². The Labute approximate surface area is 120 Å². The number of hydrogen-bond acceptors (Lipinski definition) is 4. The summed E-state index contributed by atoms with van der Waals surface area (Å²) in [5.74, 6) is 1.23. The molecule has 0 aliphatic rings. The Morgan fingerprint density at radius 3 is 2.50 bits per heavy atom. The van der Waals surface area contributed by atoms with Crippen LogP contribution in [0.25, 0.3) is 0 Å². The van der Waals surface area contributed by atoms with E-state index in [2.05, 4.69) is 12.1 Å². The molecule has 0 aliphatic heterocycles. The average Bonchev–Trinajstić information content (AvgIpc) is 2.45. The third-order valence-electron chi connectivity index (χ3n) is 2.88. The van der Waals surface area contributed by atoms with Gasteiger partial charge in [0.25, 0.3) is 0 Å². The summed E-state index contributed by atoms with van der Waals surface area (Å²) in [7, 11) is 0. The molecule has 0 N–H and O–H groups in total. The van der Waals surface area contributed by atoms with Crippen molar-refractivity contribution in [1.82, 2.24) is 0 Å². The Balaban J connectivity index is 2.60. The largest absolute Gasteiger partial charge is 0.490 e. The molecule has 4 heteroatoms. The van der Waals surface area contributed by atoms with Gasteiger partial charge in [-0.2, -0.15) is 10.5 Å². The summed E-state index contributed by atoms with van der Waals surface area (Å²) in [6.07, 6.45) is 1.58. The molecular weight excluding hydrogens is 252 g/mol. The van der Waals surface area contributed by atoms with E-state index in [1.807, 2.05) is 20.8 Å². The van der Waals surface area contributed by atoms with Gasteiger partial charge in [-0.3, -0.25) is 0 Å². The van der Waals surface area contributed by atoms with Gasteiger partial charge < -0.3 is 9.47 Å². The molecule has 0 fully saturated rings. The minimum absolute atomic E-state index is 0.323. The Morgan fingerprint density at radius 2 is 1.90 bits per heavy atom. The van der Waals surface area contributed by atoms with Crippen molar-refractivity contribution in [2.24, 2.45) is 5.41 Å². The van der Waals surface area contributed by atoms with Crippen LogP contribution < -0.4 is 9.47 Å². The average molecular weight is 272 g/mol. The van der Waals surface area contributed by atoms with Gasteiger partial charge in [-0.1, -0.05) is 0 Å². The van der Waals surface area contributed by atoms with Crippen LogP contribution in [0.1, 0.15) is 39.2 Å². The van der Waals surface area contributed by atoms with E-state index in [4.69, 9.17) is 20.0 Å². The molecule has 0 heterocycles. The van der Waals surface area contributed by atoms with Crippen LogP contribution >= 0.6 is 0 Å². The summed E-state index contributed by atoms with van der Waals surface area (Å²) in [5, 5.41) is 17.8. The van der Waals surface area contributed by atoms with Gasteiger partial charge in [0.1, 0.15) is 0 Å². The summed E-state index contributed by atoms with van der Waals surface area (Å²) in [5.41, 5.74) is 0.225. The lowest BCUT2D eigenvalue weighted by molar-refractivity contribution is 0.259. The van der Waals surface area contributed by atoms with E-state index < -0.39 is 0 Å². The lowest BCUT2D eigenvalue weighted by atomic mass is 9.90. The van der Waals surface area contributed by atoms with Gasteiger partial charge >= 0.3 is 0 Å². The topological polar surface area (TPSA) is 66.0 Å². The highest BCUT2D eigenvalue weighted by Gasteiger charge is 2.16. The third kappa shape index (κ3) is 4.82. The second kappa shape index (κ2) is 7.40. The van der Waals surface area contributed by atoms with Gasteiger partial charge in [0.2, 0.25) is 0 Å². The number of benzene rings is 1. The Morgan fingerprint density at radius 1 is 1.15 bits per heavy atom. The summed E-state index contributed by atoms with van der Waals surface area (Å²) >= 11 is 0. The number of hydrogen-bond donors (Lipinski definition) is 0. The van der Waals surface area contributed by atoms with E-state index in [0.29, 0.717) is 30.3 Å². The first kappa shape index (κ1) is 15.9. The highest BCUT2D eigenvalue weighted by Crippen LogP contribution is 2.29. The van der Waals surface area contributed by atoms with Crippen molar-refractivity contribution in [3.63, 3.8) is 0 Å². The fourth-order valence-corrected chi connectivity index (χ4v) is 1.72. The maximum Gasteiger partial charge on any atom is 0.162 e. The van der Waals surface area contributed by atoms with Crippen molar-refractivity contribution < 1.29 is 9.47 Å². The number of nitriles is 2. The van der Waals surface area contributed by atoms with Crippen LogP contribution in [0.5, 0.6) is 11.5 Å². The normalized spacial score (nSPS) is 10.4. The van der Waals surface area contributed by atoms with Crippen molar-refractivity contribution in [1.29, 1.82) is 10.5 Å². The minimum atomic E-state index is -0.323. The number of rotatable bonds is 7. The first-order valence-electron chi connectivity index (χ1n) is 6.73. The molecule has 1 aromatic carbocycles. The second-order valence-electron chi connectivity index (χ2n) is 5.15. The van der Waals surface area contributed by atoms with E-state index in [9.17, 15) is 0 Å². The zero-order valence-electron chi connectivity index (χ0n) is 12.3. The van der Waals surface area contributed by atoms with Crippen molar-refractivity contribution >= 4 is 0 Å². The predicted octanol–water partition coefficient (Wildman–Crippen LogP) is 3.67. The zero-order valence-corrected chi connectivity index (χ0v) is 12.3. The van der Waals surface area contributed by atoms with Crippen molar-refractivity contribution in [3.05, 3.63) is 23.8 Å². The molecule has 0 radical (unpaired) electrons. The summed E-state index contributed by atoms with van der Waals surface area (Å²) < 4.78 is 11.2. The Kier molecular flexibility index (Phi) is 5.87. The van der Waals surface area contributed by atoms with E-state index in [0.717, 1.165) is 12.8 Å². The standard InChI is InChI=1S/C16H20N2O2/c1-4-19-15-10-13(11-17)6-7-14(15)20-9-5-8-16(2,3)12-18/h6-7,10H,4-5,8-9H2,1-3H3. The van der Waals surface area contributed by atoms with E-state index in [1.165, 1.54) is 0 Å². The Hall–Kier alpha value is -2.20. The molecule has 20 heavy (non-hydrogen) atoms. The quantitative estimate of drug-likeness (QED) is 0.710. The van der Waals surface area contributed by atoms with Crippen LogP contribution in [0.15, 0.2) is 18.2 Å². The molecule has 1 aromatic rings. The first-order valence-corrected chi connectivity index (χ1v) is 6.73. The summed E-state index contributed by atoms with van der Waals surface area (Å²) in [6.45, 7) is 6.77. The fraction of sp³-hybridized carbons (Fsp3) is 0.500. The highest BCUT2D eigenvalue weighted by atomic mass is 16.5. The van der Waals surface area contributed by atoms with Crippen LogP contribution in [0.2, 0.25) is 0 Å². The molecule has 0 atom stereocenters. The van der Waals surface area contributed by atoms with Crippen LogP contribution in [0.3, 0.4) is 0 Å². The van der Waals surface area contributed by atoms with Crippen molar-refractivity contribution in [3.8, 4) is 23.6 Å². The van der Waals surface area contributed by atoms with E-state index in [1.54, 1.807) is 18.2 Å². The van der Waals surface area contributed by atoms with Gasteiger partial charge in [-0.25, -0.2) is 0 Å². The molecule has 0 aromatic heterocycles. The lowest BCUT2D eigenvalue weighted by Crippen LogP contribution is -2.10.